The van der Waals surface area contributed by atoms with Gasteiger partial charge in [0.25, 0.3) is 0 Å². The molecule has 0 bridgehead atoms. The predicted octanol–water partition coefficient (Wildman–Crippen LogP) is 0.0525. The highest BCUT2D eigenvalue weighted by Gasteiger charge is 2.28. The molecule has 0 amide bonds. The summed E-state index contributed by atoms with van der Waals surface area (Å²) in [6, 6.07) is 7.58. The van der Waals surface area contributed by atoms with Crippen molar-refractivity contribution in [2.24, 2.45) is 5.73 Å². The van der Waals surface area contributed by atoms with Gasteiger partial charge in [-0.1, -0.05) is 24.3 Å². The summed E-state index contributed by atoms with van der Waals surface area (Å²) in [6.45, 7) is 2.52. The molecular weight excluding hydrogens is 272 g/mol. The number of hydrogen-bond donors (Lipinski definition) is 2. The second-order valence-electron chi connectivity index (χ2n) is 5.10. The van der Waals surface area contributed by atoms with Crippen LogP contribution >= 0.6 is 0 Å². The fourth-order valence-corrected chi connectivity index (χ4v) is 2.37. The second-order valence-corrected chi connectivity index (χ2v) is 5.10. The molecule has 0 aromatic heterocycles. The van der Waals surface area contributed by atoms with Gasteiger partial charge in [-0.2, -0.15) is 0 Å². The number of hydrogen-bond acceptors (Lipinski definition) is 6. The maximum Gasteiger partial charge on any atom is 0.336 e. The lowest BCUT2D eigenvalue weighted by Gasteiger charge is -2.32. The van der Waals surface area contributed by atoms with Crippen LogP contribution in [0.3, 0.4) is 0 Å². The van der Waals surface area contributed by atoms with Gasteiger partial charge in [-0.25, -0.2) is 4.79 Å². The quantitative estimate of drug-likeness (QED) is 0.747. The molecule has 1 aromatic rings. The number of morpholine rings is 1. The van der Waals surface area contributed by atoms with Crippen LogP contribution in [0.1, 0.15) is 17.2 Å². The van der Waals surface area contributed by atoms with Gasteiger partial charge in [-0.05, 0) is 11.1 Å². The number of nitrogens with two attached hydrogens (primary N) is 1. The zero-order chi connectivity index (χ0) is 15.2. The maximum atomic E-state index is 11.5. The van der Waals surface area contributed by atoms with E-state index in [0.29, 0.717) is 32.8 Å². The van der Waals surface area contributed by atoms with Crippen LogP contribution in [-0.4, -0.2) is 55.4 Å². The van der Waals surface area contributed by atoms with Crippen molar-refractivity contribution in [3.8, 4) is 0 Å². The predicted molar refractivity (Wildman–Crippen MR) is 77.5 cm³/mol. The number of nitrogens with zero attached hydrogens (tertiary/aromatic N) is 1. The van der Waals surface area contributed by atoms with Crippen LogP contribution in [0.2, 0.25) is 0 Å². The monoisotopic (exact) mass is 294 g/mol. The number of aliphatic hydroxyl groups is 1. The van der Waals surface area contributed by atoms with Crippen LogP contribution in [0.15, 0.2) is 24.3 Å². The number of carbonyl (C=O) groups is 1. The molecule has 21 heavy (non-hydrogen) atoms. The van der Waals surface area contributed by atoms with Crippen molar-refractivity contribution < 1.29 is 19.4 Å². The van der Waals surface area contributed by atoms with Crippen molar-refractivity contribution in [2.45, 2.75) is 18.8 Å². The van der Waals surface area contributed by atoms with E-state index in [0.717, 1.165) is 11.1 Å². The average molecular weight is 294 g/mol. The molecule has 0 aliphatic carbocycles. The Morgan fingerprint density at radius 3 is 2.86 bits per heavy atom. The summed E-state index contributed by atoms with van der Waals surface area (Å²) in [4.78, 5) is 13.5. The lowest BCUT2D eigenvalue weighted by Crippen LogP contribution is -2.47. The van der Waals surface area contributed by atoms with E-state index in [1.165, 1.54) is 7.11 Å². The van der Waals surface area contributed by atoms with Gasteiger partial charge in [-0.3, -0.25) is 4.90 Å². The molecule has 1 aromatic carbocycles. The Labute approximate surface area is 124 Å². The molecule has 6 nitrogen and oxygen atoms in total. The highest BCUT2D eigenvalue weighted by molar-refractivity contribution is 5.74. The number of esters is 1. The van der Waals surface area contributed by atoms with E-state index in [1.807, 2.05) is 29.2 Å². The molecule has 6 heteroatoms. The zero-order valence-corrected chi connectivity index (χ0v) is 12.2. The standard InChI is InChI=1S/C15H22N2O4/c1-20-15(19)14-10-17(6-7-21-14)9-13(18)12-4-2-11(8-16)3-5-12/h2-5,13-14,18H,6-10,16H2,1H3. The molecule has 1 aliphatic rings. The molecule has 0 saturated carbocycles. The summed E-state index contributed by atoms with van der Waals surface area (Å²) >= 11 is 0. The van der Waals surface area contributed by atoms with Gasteiger partial charge < -0.3 is 20.3 Å². The summed E-state index contributed by atoms with van der Waals surface area (Å²) in [5.41, 5.74) is 7.43. The minimum absolute atomic E-state index is 0.374. The van der Waals surface area contributed by atoms with Crippen molar-refractivity contribution in [2.75, 3.05) is 33.4 Å². The summed E-state index contributed by atoms with van der Waals surface area (Å²) in [5, 5.41) is 10.3. The molecule has 2 unspecified atom stereocenters. The van der Waals surface area contributed by atoms with Gasteiger partial charge >= 0.3 is 5.97 Å². The number of methoxy groups -OCH3 is 1. The number of benzene rings is 1. The van der Waals surface area contributed by atoms with Gasteiger partial charge in [0.05, 0.1) is 19.8 Å². The minimum atomic E-state index is -0.603. The Hall–Kier alpha value is -1.47. The molecule has 1 saturated heterocycles. The summed E-state index contributed by atoms with van der Waals surface area (Å²) in [6.07, 6.45) is -1.18. The van der Waals surface area contributed by atoms with Crippen LogP contribution in [0, 0.1) is 0 Å². The van der Waals surface area contributed by atoms with Crippen LogP contribution in [0.5, 0.6) is 0 Å². The Morgan fingerprint density at radius 2 is 2.24 bits per heavy atom. The number of carbonyl (C=O) groups excluding carboxylic acids is 1. The van der Waals surface area contributed by atoms with Crippen LogP contribution < -0.4 is 5.73 Å². The summed E-state index contributed by atoms with van der Waals surface area (Å²) < 4.78 is 10.1. The largest absolute Gasteiger partial charge is 0.467 e. The third-order valence-electron chi connectivity index (χ3n) is 3.65. The van der Waals surface area contributed by atoms with Crippen LogP contribution in [0.4, 0.5) is 0 Å². The van der Waals surface area contributed by atoms with E-state index in [9.17, 15) is 9.90 Å². The number of ether oxygens (including phenoxy) is 2. The van der Waals surface area contributed by atoms with E-state index >= 15 is 0 Å². The first-order chi connectivity index (χ1) is 10.1. The van der Waals surface area contributed by atoms with Gasteiger partial charge in [0.15, 0.2) is 6.10 Å². The summed E-state index contributed by atoms with van der Waals surface area (Å²) in [7, 11) is 1.35. The van der Waals surface area contributed by atoms with E-state index in [2.05, 4.69) is 4.74 Å². The lowest BCUT2D eigenvalue weighted by molar-refractivity contribution is -0.160. The minimum Gasteiger partial charge on any atom is -0.467 e. The van der Waals surface area contributed by atoms with E-state index in [4.69, 9.17) is 10.5 Å². The van der Waals surface area contributed by atoms with Crippen molar-refractivity contribution >= 4 is 5.97 Å². The first-order valence-corrected chi connectivity index (χ1v) is 7.02. The Bertz CT molecular complexity index is 463. The van der Waals surface area contributed by atoms with Gasteiger partial charge in [0.2, 0.25) is 0 Å². The van der Waals surface area contributed by atoms with Crippen molar-refractivity contribution in [3.05, 3.63) is 35.4 Å². The molecule has 1 heterocycles. The smallest absolute Gasteiger partial charge is 0.336 e. The molecular formula is C15H22N2O4. The molecule has 0 radical (unpaired) electrons. The van der Waals surface area contributed by atoms with Crippen LogP contribution in [-0.2, 0) is 20.8 Å². The van der Waals surface area contributed by atoms with Crippen LogP contribution in [0.25, 0.3) is 0 Å². The zero-order valence-electron chi connectivity index (χ0n) is 12.2. The highest BCUT2D eigenvalue weighted by atomic mass is 16.6. The highest BCUT2D eigenvalue weighted by Crippen LogP contribution is 2.17. The van der Waals surface area contributed by atoms with Crippen molar-refractivity contribution in [1.29, 1.82) is 0 Å². The molecule has 116 valence electrons. The first kappa shape index (κ1) is 15.9. The second kappa shape index (κ2) is 7.51. The first-order valence-electron chi connectivity index (χ1n) is 7.02. The fourth-order valence-electron chi connectivity index (χ4n) is 2.37. The van der Waals surface area contributed by atoms with E-state index < -0.39 is 12.2 Å². The van der Waals surface area contributed by atoms with E-state index in [-0.39, 0.29) is 5.97 Å². The van der Waals surface area contributed by atoms with Crippen molar-refractivity contribution in [3.63, 3.8) is 0 Å². The fraction of sp³-hybridized carbons (Fsp3) is 0.533. The maximum absolute atomic E-state index is 11.5. The normalized spacial score (nSPS) is 21.0. The topological polar surface area (TPSA) is 85.0 Å². The molecule has 2 rings (SSSR count). The Kier molecular flexibility index (Phi) is 5.69. The summed E-state index contributed by atoms with van der Waals surface area (Å²) in [5.74, 6) is -0.374. The number of β-amino-alcohol motifs (C(OH)–C–C–N with tert-alkyl or cyclic N) is 1. The molecule has 3 N–H and O–H groups in total. The number of rotatable bonds is 5. The number of aliphatic hydroxyl groups excluding tert-OH is 1. The Balaban J connectivity index is 1.91. The average Bonchev–Trinajstić information content (AvgIpc) is 2.54. The van der Waals surface area contributed by atoms with Crippen molar-refractivity contribution in [1.82, 2.24) is 4.90 Å². The van der Waals surface area contributed by atoms with Gasteiger partial charge in [0.1, 0.15) is 0 Å². The third kappa shape index (κ3) is 4.25. The van der Waals surface area contributed by atoms with Gasteiger partial charge in [-0.15, -0.1) is 0 Å². The third-order valence-corrected chi connectivity index (χ3v) is 3.65. The molecule has 1 fully saturated rings. The van der Waals surface area contributed by atoms with E-state index in [1.54, 1.807) is 0 Å². The molecule has 2 atom stereocenters. The van der Waals surface area contributed by atoms with Gasteiger partial charge in [0, 0.05) is 26.2 Å². The SMILES string of the molecule is COC(=O)C1CN(CC(O)c2ccc(CN)cc2)CCO1. The molecule has 1 aliphatic heterocycles. The Morgan fingerprint density at radius 1 is 1.52 bits per heavy atom. The molecule has 0 spiro atoms. The lowest BCUT2D eigenvalue weighted by atomic mass is 10.1.